The topological polar surface area (TPSA) is 109 Å². The van der Waals surface area contributed by atoms with Crippen LogP contribution in [0.5, 0.6) is 28.7 Å². The van der Waals surface area contributed by atoms with Crippen molar-refractivity contribution in [3.05, 3.63) is 39.5 Å². The first kappa shape index (κ1) is 25.3. The summed E-state index contributed by atoms with van der Waals surface area (Å²) in [7, 11) is 0. The summed E-state index contributed by atoms with van der Waals surface area (Å²) in [5.74, 6) is -0.0623. The summed E-state index contributed by atoms with van der Waals surface area (Å²) < 4.78 is 18.2. The fraction of sp³-hybridized carbons (Fsp3) is 0.444. The molecule has 0 unspecified atom stereocenters. The maximum absolute atomic E-state index is 13.9. The zero-order chi connectivity index (χ0) is 24.8. The Bertz CT molecular complexity index is 1210. The molecule has 34 heavy (non-hydrogen) atoms. The van der Waals surface area contributed by atoms with Crippen LogP contribution >= 0.6 is 0 Å². The number of aromatic hydroxyl groups is 3. The van der Waals surface area contributed by atoms with Crippen LogP contribution in [0.2, 0.25) is 0 Å². The van der Waals surface area contributed by atoms with Crippen molar-refractivity contribution in [3.63, 3.8) is 0 Å². The van der Waals surface area contributed by atoms with Crippen molar-refractivity contribution < 1.29 is 29.2 Å². The predicted molar refractivity (Wildman–Crippen MR) is 132 cm³/mol. The van der Waals surface area contributed by atoms with Crippen LogP contribution in [0, 0.1) is 0 Å². The molecule has 0 fully saturated rings. The third-order valence-electron chi connectivity index (χ3n) is 5.56. The lowest BCUT2D eigenvalue weighted by atomic mass is 9.96. The van der Waals surface area contributed by atoms with Gasteiger partial charge in [-0.3, -0.25) is 4.79 Å². The van der Waals surface area contributed by atoms with E-state index in [0.717, 1.165) is 19.3 Å². The molecule has 1 aromatic heterocycles. The predicted octanol–water partition coefficient (Wildman–Crippen LogP) is 6.06. The van der Waals surface area contributed by atoms with Crippen LogP contribution < -0.4 is 14.9 Å². The summed E-state index contributed by atoms with van der Waals surface area (Å²) in [5.41, 5.74) is 1.39. The molecule has 0 aliphatic carbocycles. The first-order valence-electron chi connectivity index (χ1n) is 12.0. The molecule has 184 valence electrons. The van der Waals surface area contributed by atoms with Crippen molar-refractivity contribution in [3.8, 4) is 40.1 Å². The Balaban J connectivity index is 2.49. The lowest BCUT2D eigenvalue weighted by molar-refractivity contribution is 0.304. The number of aryl methyl sites for hydroxylation is 1. The van der Waals surface area contributed by atoms with E-state index in [1.807, 2.05) is 27.7 Å². The average Bonchev–Trinajstić information content (AvgIpc) is 2.82. The fourth-order valence-electron chi connectivity index (χ4n) is 4.00. The summed E-state index contributed by atoms with van der Waals surface area (Å²) in [4.78, 5) is 13.9. The Morgan fingerprint density at radius 1 is 0.794 bits per heavy atom. The molecule has 3 rings (SSSR count). The highest BCUT2D eigenvalue weighted by Crippen LogP contribution is 2.44. The van der Waals surface area contributed by atoms with Gasteiger partial charge in [-0.2, -0.15) is 0 Å². The van der Waals surface area contributed by atoms with Gasteiger partial charge in [-0.25, -0.2) is 0 Å². The molecular formula is C27H34O7. The molecule has 0 bridgehead atoms. The monoisotopic (exact) mass is 470 g/mol. The second-order valence-corrected chi connectivity index (χ2v) is 8.33. The standard InChI is InChI=1S/C27H34O7/c1-5-9-17-22(30)18(10-6-2)26-21(25(17)32-13-7-3)23(31)27(33-14-8-4)24(34-26)16-11-12-19(28)20(29)15-16/h11-12,15,28-30H,5-10,13-14H2,1-4H3. The van der Waals surface area contributed by atoms with Gasteiger partial charge in [-0.05, 0) is 43.9 Å². The van der Waals surface area contributed by atoms with Crippen LogP contribution in [-0.4, -0.2) is 28.5 Å². The van der Waals surface area contributed by atoms with E-state index in [0.29, 0.717) is 54.9 Å². The zero-order valence-electron chi connectivity index (χ0n) is 20.4. The van der Waals surface area contributed by atoms with E-state index < -0.39 is 5.43 Å². The summed E-state index contributed by atoms with van der Waals surface area (Å²) >= 11 is 0. The highest BCUT2D eigenvalue weighted by molar-refractivity contribution is 5.93. The summed E-state index contributed by atoms with van der Waals surface area (Å²) in [5, 5.41) is 31.3. The summed E-state index contributed by atoms with van der Waals surface area (Å²) in [6.45, 7) is 8.58. The van der Waals surface area contributed by atoms with Crippen molar-refractivity contribution in [2.24, 2.45) is 0 Å². The molecule has 7 nitrogen and oxygen atoms in total. The Kier molecular flexibility index (Phi) is 8.31. The van der Waals surface area contributed by atoms with Gasteiger partial charge >= 0.3 is 0 Å². The Morgan fingerprint density at radius 3 is 2.00 bits per heavy atom. The van der Waals surface area contributed by atoms with Gasteiger partial charge in [0.15, 0.2) is 17.3 Å². The number of fused-ring (bicyclic) bond motifs is 1. The summed E-state index contributed by atoms with van der Waals surface area (Å²) in [6.07, 6.45) is 3.97. The summed E-state index contributed by atoms with van der Waals surface area (Å²) in [6, 6.07) is 4.18. The molecule has 0 aliphatic rings. The van der Waals surface area contributed by atoms with Crippen LogP contribution in [0.15, 0.2) is 27.4 Å². The van der Waals surface area contributed by atoms with Crippen LogP contribution in [-0.2, 0) is 12.8 Å². The first-order valence-corrected chi connectivity index (χ1v) is 12.0. The SMILES string of the molecule is CCCOc1c(-c2ccc(O)c(O)c2)oc2c(CCC)c(O)c(CCC)c(OCCC)c2c1=O. The number of phenolic OH excluding ortho intramolecular Hbond substituents is 3. The number of benzene rings is 2. The van der Waals surface area contributed by atoms with Crippen LogP contribution in [0.1, 0.15) is 64.5 Å². The molecule has 3 N–H and O–H groups in total. The molecule has 0 aliphatic heterocycles. The van der Waals surface area contributed by atoms with Gasteiger partial charge in [0.25, 0.3) is 0 Å². The van der Waals surface area contributed by atoms with Crippen molar-refractivity contribution in [2.75, 3.05) is 13.2 Å². The number of hydrogen-bond donors (Lipinski definition) is 3. The lowest BCUT2D eigenvalue weighted by Crippen LogP contribution is -2.14. The van der Waals surface area contributed by atoms with Crippen molar-refractivity contribution in [1.29, 1.82) is 0 Å². The highest BCUT2D eigenvalue weighted by Gasteiger charge is 2.28. The van der Waals surface area contributed by atoms with Crippen LogP contribution in [0.3, 0.4) is 0 Å². The smallest absolute Gasteiger partial charge is 0.239 e. The second-order valence-electron chi connectivity index (χ2n) is 8.33. The molecule has 0 spiro atoms. The normalized spacial score (nSPS) is 11.2. The zero-order valence-corrected chi connectivity index (χ0v) is 20.4. The Hall–Kier alpha value is -3.35. The molecule has 0 amide bonds. The molecular weight excluding hydrogens is 436 g/mol. The Morgan fingerprint density at radius 2 is 1.41 bits per heavy atom. The van der Waals surface area contributed by atoms with Crippen molar-refractivity contribution in [2.45, 2.75) is 66.2 Å². The molecule has 0 saturated heterocycles. The van der Waals surface area contributed by atoms with E-state index in [2.05, 4.69) is 0 Å². The van der Waals surface area contributed by atoms with Gasteiger partial charge in [0.2, 0.25) is 11.2 Å². The van der Waals surface area contributed by atoms with Gasteiger partial charge in [0.05, 0.1) is 13.2 Å². The van der Waals surface area contributed by atoms with Crippen molar-refractivity contribution >= 4 is 11.0 Å². The molecule has 0 atom stereocenters. The maximum atomic E-state index is 13.9. The van der Waals surface area contributed by atoms with E-state index in [1.165, 1.54) is 18.2 Å². The van der Waals surface area contributed by atoms with Gasteiger partial charge < -0.3 is 29.2 Å². The number of ether oxygens (including phenoxy) is 2. The van der Waals surface area contributed by atoms with E-state index in [-0.39, 0.29) is 39.7 Å². The van der Waals surface area contributed by atoms with Gasteiger partial charge in [0.1, 0.15) is 22.5 Å². The highest BCUT2D eigenvalue weighted by atomic mass is 16.5. The van der Waals surface area contributed by atoms with Crippen LogP contribution in [0.25, 0.3) is 22.3 Å². The molecule has 2 aromatic carbocycles. The third-order valence-corrected chi connectivity index (χ3v) is 5.56. The number of phenols is 3. The Labute approximate surface area is 199 Å². The molecule has 1 heterocycles. The van der Waals surface area contributed by atoms with Gasteiger partial charge in [-0.15, -0.1) is 0 Å². The average molecular weight is 471 g/mol. The molecule has 7 heteroatoms. The molecule has 3 aromatic rings. The van der Waals surface area contributed by atoms with E-state index in [9.17, 15) is 20.1 Å². The minimum Gasteiger partial charge on any atom is -0.507 e. The number of hydrogen-bond acceptors (Lipinski definition) is 7. The number of rotatable bonds is 11. The van der Waals surface area contributed by atoms with Gasteiger partial charge in [0, 0.05) is 16.7 Å². The second kappa shape index (κ2) is 11.2. The lowest BCUT2D eigenvalue weighted by Gasteiger charge is -2.20. The minimum atomic E-state index is -0.391. The first-order chi connectivity index (χ1) is 16.4. The maximum Gasteiger partial charge on any atom is 0.239 e. The molecule has 0 radical (unpaired) electrons. The largest absolute Gasteiger partial charge is 0.507 e. The van der Waals surface area contributed by atoms with Crippen molar-refractivity contribution in [1.82, 2.24) is 0 Å². The van der Waals surface area contributed by atoms with Gasteiger partial charge in [-0.1, -0.05) is 40.5 Å². The third kappa shape index (κ3) is 4.79. The van der Waals surface area contributed by atoms with E-state index in [4.69, 9.17) is 13.9 Å². The minimum absolute atomic E-state index is 0.0105. The fourth-order valence-corrected chi connectivity index (χ4v) is 4.00. The molecule has 0 saturated carbocycles. The van der Waals surface area contributed by atoms with Crippen LogP contribution in [0.4, 0.5) is 0 Å². The van der Waals surface area contributed by atoms with E-state index >= 15 is 0 Å². The quantitative estimate of drug-likeness (QED) is 0.292. The van der Waals surface area contributed by atoms with E-state index in [1.54, 1.807) is 0 Å².